The van der Waals surface area contributed by atoms with Crippen LogP contribution in [0.5, 0.6) is 0 Å². The molecule has 19 heavy (non-hydrogen) atoms. The number of benzene rings is 2. The van der Waals surface area contributed by atoms with Crippen LogP contribution in [0.1, 0.15) is 5.56 Å². The Morgan fingerprint density at radius 1 is 1.11 bits per heavy atom. The van der Waals surface area contributed by atoms with Crippen LogP contribution in [0.25, 0.3) is 10.8 Å². The Kier molecular flexibility index (Phi) is 4.06. The van der Waals surface area contributed by atoms with E-state index < -0.39 is 10.8 Å². The standard InChI is InChI=1S/C15H11F3S/c1-2-13(19-15(16,17)18)10-12-8-5-7-11-6-3-4-9-14(11)12/h1,3-9,13H,10H2/t13-/m1/s1. The second-order valence-electron chi connectivity index (χ2n) is 4.06. The molecule has 0 fully saturated rings. The summed E-state index contributed by atoms with van der Waals surface area (Å²) < 4.78 is 37.1. The zero-order valence-corrected chi connectivity index (χ0v) is 10.8. The van der Waals surface area contributed by atoms with Gasteiger partial charge in [0.25, 0.3) is 0 Å². The molecule has 0 aliphatic rings. The van der Waals surface area contributed by atoms with Crippen molar-refractivity contribution in [3.05, 3.63) is 48.0 Å². The number of halogens is 3. The van der Waals surface area contributed by atoms with Gasteiger partial charge in [-0.05, 0) is 34.5 Å². The molecule has 0 aliphatic heterocycles. The van der Waals surface area contributed by atoms with Crippen molar-refractivity contribution in [2.24, 2.45) is 0 Å². The summed E-state index contributed by atoms with van der Waals surface area (Å²) in [6.07, 6.45) is 5.41. The SMILES string of the molecule is C#C[C@H](Cc1cccc2ccccc12)SC(F)(F)F. The molecule has 0 amide bonds. The van der Waals surface area contributed by atoms with Gasteiger partial charge in [-0.25, -0.2) is 0 Å². The normalized spacial score (nSPS) is 13.2. The lowest BCUT2D eigenvalue weighted by Crippen LogP contribution is -2.12. The van der Waals surface area contributed by atoms with Crippen molar-refractivity contribution in [2.45, 2.75) is 17.2 Å². The van der Waals surface area contributed by atoms with Crippen LogP contribution in [-0.4, -0.2) is 10.8 Å². The Bertz CT molecular complexity index is 605. The summed E-state index contributed by atoms with van der Waals surface area (Å²) >= 11 is -0.131. The Balaban J connectivity index is 2.28. The Morgan fingerprint density at radius 2 is 1.79 bits per heavy atom. The lowest BCUT2D eigenvalue weighted by atomic mass is 10.0. The van der Waals surface area contributed by atoms with Gasteiger partial charge in [0.05, 0.1) is 5.25 Å². The summed E-state index contributed by atoms with van der Waals surface area (Å²) in [6.45, 7) is 0. The number of hydrogen-bond donors (Lipinski definition) is 0. The fraction of sp³-hybridized carbons (Fsp3) is 0.200. The number of thioether (sulfide) groups is 1. The first-order valence-electron chi connectivity index (χ1n) is 5.67. The van der Waals surface area contributed by atoms with E-state index in [0.29, 0.717) is 0 Å². The van der Waals surface area contributed by atoms with Crippen molar-refractivity contribution in [2.75, 3.05) is 0 Å². The predicted octanol–water partition coefficient (Wildman–Crippen LogP) is 4.64. The van der Waals surface area contributed by atoms with E-state index in [-0.39, 0.29) is 18.2 Å². The topological polar surface area (TPSA) is 0 Å². The molecular weight excluding hydrogens is 269 g/mol. The molecule has 0 nitrogen and oxygen atoms in total. The maximum Gasteiger partial charge on any atom is 0.443 e. The van der Waals surface area contributed by atoms with Crippen LogP contribution in [0, 0.1) is 12.3 Å². The van der Waals surface area contributed by atoms with Crippen LogP contribution in [0.15, 0.2) is 42.5 Å². The predicted molar refractivity (Wildman–Crippen MR) is 73.9 cm³/mol. The third-order valence-electron chi connectivity index (χ3n) is 2.75. The molecule has 1 atom stereocenters. The molecule has 0 spiro atoms. The second kappa shape index (κ2) is 5.58. The molecule has 4 heteroatoms. The van der Waals surface area contributed by atoms with Crippen molar-refractivity contribution in [1.82, 2.24) is 0 Å². The van der Waals surface area contributed by atoms with Gasteiger partial charge in [0, 0.05) is 0 Å². The summed E-state index contributed by atoms with van der Waals surface area (Å²) in [6, 6.07) is 13.2. The summed E-state index contributed by atoms with van der Waals surface area (Å²) in [5, 5.41) is 1.06. The molecule has 0 bridgehead atoms. The van der Waals surface area contributed by atoms with E-state index >= 15 is 0 Å². The summed E-state index contributed by atoms with van der Waals surface area (Å²) in [5.74, 6) is 2.21. The number of rotatable bonds is 3. The maximum atomic E-state index is 12.4. The van der Waals surface area contributed by atoms with Gasteiger partial charge in [0.1, 0.15) is 0 Å². The highest BCUT2D eigenvalue weighted by Crippen LogP contribution is 2.35. The molecule has 2 aromatic rings. The minimum atomic E-state index is -4.30. The van der Waals surface area contributed by atoms with Crippen LogP contribution < -0.4 is 0 Å². The van der Waals surface area contributed by atoms with Crippen LogP contribution in [-0.2, 0) is 6.42 Å². The Labute approximate surface area is 114 Å². The molecular formula is C15H11F3S. The Morgan fingerprint density at radius 3 is 2.47 bits per heavy atom. The molecule has 0 aliphatic carbocycles. The molecule has 0 heterocycles. The maximum absolute atomic E-state index is 12.4. The van der Waals surface area contributed by atoms with Crippen molar-refractivity contribution in [1.29, 1.82) is 0 Å². The summed E-state index contributed by atoms with van der Waals surface area (Å²) in [4.78, 5) is 0. The first-order valence-corrected chi connectivity index (χ1v) is 6.55. The van der Waals surface area contributed by atoms with E-state index in [2.05, 4.69) is 5.92 Å². The van der Waals surface area contributed by atoms with Crippen molar-refractivity contribution in [3.63, 3.8) is 0 Å². The molecule has 0 radical (unpaired) electrons. The third kappa shape index (κ3) is 3.68. The smallest absolute Gasteiger partial charge is 0.160 e. The molecule has 2 rings (SSSR count). The Hall–Kier alpha value is -1.60. The lowest BCUT2D eigenvalue weighted by molar-refractivity contribution is -0.0330. The van der Waals surface area contributed by atoms with E-state index in [1.165, 1.54) is 0 Å². The number of terminal acetylenes is 1. The van der Waals surface area contributed by atoms with Crippen LogP contribution in [0.4, 0.5) is 13.2 Å². The quantitative estimate of drug-likeness (QED) is 0.738. The number of fused-ring (bicyclic) bond motifs is 1. The molecule has 2 aromatic carbocycles. The van der Waals surface area contributed by atoms with Gasteiger partial charge in [-0.3, -0.25) is 0 Å². The van der Waals surface area contributed by atoms with E-state index in [9.17, 15) is 13.2 Å². The molecule has 98 valence electrons. The van der Waals surface area contributed by atoms with E-state index in [1.54, 1.807) is 0 Å². The van der Waals surface area contributed by atoms with E-state index in [0.717, 1.165) is 16.3 Å². The zero-order chi connectivity index (χ0) is 13.9. The molecule has 0 N–H and O–H groups in total. The van der Waals surface area contributed by atoms with Gasteiger partial charge < -0.3 is 0 Å². The highest BCUT2D eigenvalue weighted by Gasteiger charge is 2.32. The van der Waals surface area contributed by atoms with Gasteiger partial charge >= 0.3 is 5.51 Å². The van der Waals surface area contributed by atoms with Crippen molar-refractivity contribution in [3.8, 4) is 12.3 Å². The molecule has 0 saturated carbocycles. The van der Waals surface area contributed by atoms with Gasteiger partial charge in [-0.1, -0.05) is 48.4 Å². The first kappa shape index (κ1) is 13.8. The van der Waals surface area contributed by atoms with Crippen LogP contribution in [0.2, 0.25) is 0 Å². The zero-order valence-electron chi connectivity index (χ0n) is 9.95. The molecule has 0 saturated heterocycles. The summed E-state index contributed by atoms with van der Waals surface area (Å²) in [7, 11) is 0. The van der Waals surface area contributed by atoms with E-state index in [1.807, 2.05) is 42.5 Å². The van der Waals surface area contributed by atoms with E-state index in [4.69, 9.17) is 6.42 Å². The molecule has 0 aromatic heterocycles. The average Bonchev–Trinajstić information content (AvgIpc) is 2.37. The minimum Gasteiger partial charge on any atom is -0.160 e. The van der Waals surface area contributed by atoms with Crippen LogP contribution in [0.3, 0.4) is 0 Å². The monoisotopic (exact) mass is 280 g/mol. The fourth-order valence-electron chi connectivity index (χ4n) is 1.97. The van der Waals surface area contributed by atoms with Gasteiger partial charge in [-0.15, -0.1) is 6.42 Å². The summed E-state index contributed by atoms with van der Waals surface area (Å²) in [5.41, 5.74) is -3.46. The second-order valence-corrected chi connectivity index (χ2v) is 5.33. The number of alkyl halides is 3. The van der Waals surface area contributed by atoms with Crippen LogP contribution >= 0.6 is 11.8 Å². The van der Waals surface area contributed by atoms with Crippen molar-refractivity contribution >= 4 is 22.5 Å². The average molecular weight is 280 g/mol. The molecule has 0 unspecified atom stereocenters. The third-order valence-corrected chi connectivity index (χ3v) is 3.60. The first-order chi connectivity index (χ1) is 8.99. The van der Waals surface area contributed by atoms with Gasteiger partial charge in [-0.2, -0.15) is 13.2 Å². The van der Waals surface area contributed by atoms with Gasteiger partial charge in [0.15, 0.2) is 0 Å². The highest BCUT2D eigenvalue weighted by atomic mass is 32.2. The minimum absolute atomic E-state index is 0.131. The fourth-order valence-corrected chi connectivity index (χ4v) is 2.62. The highest BCUT2D eigenvalue weighted by molar-refractivity contribution is 8.01. The van der Waals surface area contributed by atoms with Crippen molar-refractivity contribution < 1.29 is 13.2 Å². The number of hydrogen-bond acceptors (Lipinski definition) is 1. The van der Waals surface area contributed by atoms with Gasteiger partial charge in [0.2, 0.25) is 0 Å². The lowest BCUT2D eigenvalue weighted by Gasteiger charge is -2.14. The largest absolute Gasteiger partial charge is 0.443 e.